The van der Waals surface area contributed by atoms with E-state index in [-0.39, 0.29) is 0 Å². The van der Waals surface area contributed by atoms with E-state index in [1.807, 2.05) is 30.0 Å². The second kappa shape index (κ2) is 7.31. The fourth-order valence-electron chi connectivity index (χ4n) is 1.27. The van der Waals surface area contributed by atoms with E-state index in [1.165, 1.54) is 0 Å². The molecule has 0 saturated heterocycles. The molecule has 1 nitrogen and oxygen atoms in total. The molecule has 0 bridgehead atoms. The van der Waals surface area contributed by atoms with Gasteiger partial charge in [-0.3, -0.25) is 0 Å². The molecule has 0 spiro atoms. The third kappa shape index (κ3) is 4.44. The predicted molar refractivity (Wildman–Crippen MR) is 74.1 cm³/mol. The van der Waals surface area contributed by atoms with Crippen molar-refractivity contribution in [2.75, 3.05) is 18.7 Å². The molecule has 0 aromatic heterocycles. The first-order chi connectivity index (χ1) is 7.67. The standard InChI is InChI=1S/C12H16Cl2OS/c1-9(6-13)7-16-8-10-5-11(14)3-4-12(10)15-2/h3-5,9H,6-8H2,1-2H3. The summed E-state index contributed by atoms with van der Waals surface area (Å²) in [5.41, 5.74) is 1.14. The lowest BCUT2D eigenvalue weighted by Gasteiger charge is -2.10. The maximum absolute atomic E-state index is 5.96. The lowest BCUT2D eigenvalue weighted by molar-refractivity contribution is 0.411. The van der Waals surface area contributed by atoms with Crippen molar-refractivity contribution in [3.05, 3.63) is 28.8 Å². The molecule has 0 aliphatic rings. The molecular formula is C12H16Cl2OS. The van der Waals surface area contributed by atoms with E-state index in [9.17, 15) is 0 Å². The minimum Gasteiger partial charge on any atom is -0.496 e. The van der Waals surface area contributed by atoms with Crippen LogP contribution in [0.3, 0.4) is 0 Å². The van der Waals surface area contributed by atoms with E-state index in [2.05, 4.69) is 6.92 Å². The summed E-state index contributed by atoms with van der Waals surface area (Å²) >= 11 is 13.6. The number of hydrogen-bond acceptors (Lipinski definition) is 2. The fraction of sp³-hybridized carbons (Fsp3) is 0.500. The zero-order chi connectivity index (χ0) is 12.0. The van der Waals surface area contributed by atoms with Gasteiger partial charge in [-0.05, 0) is 29.9 Å². The number of halogens is 2. The average molecular weight is 279 g/mol. The average Bonchev–Trinajstić information content (AvgIpc) is 2.29. The Morgan fingerprint density at radius 1 is 1.44 bits per heavy atom. The summed E-state index contributed by atoms with van der Waals surface area (Å²) in [6, 6.07) is 5.71. The summed E-state index contributed by atoms with van der Waals surface area (Å²) < 4.78 is 5.29. The van der Waals surface area contributed by atoms with Crippen LogP contribution in [0.2, 0.25) is 5.02 Å². The first-order valence-electron chi connectivity index (χ1n) is 5.13. The minimum absolute atomic E-state index is 0.539. The van der Waals surface area contributed by atoms with Gasteiger partial charge in [-0.15, -0.1) is 11.6 Å². The predicted octanol–water partition coefficient (Wildman–Crippen LogP) is 4.46. The largest absolute Gasteiger partial charge is 0.496 e. The monoisotopic (exact) mass is 278 g/mol. The second-order valence-electron chi connectivity index (χ2n) is 3.73. The summed E-state index contributed by atoms with van der Waals surface area (Å²) in [4.78, 5) is 0. The number of methoxy groups -OCH3 is 1. The molecule has 90 valence electrons. The molecule has 1 aromatic rings. The molecule has 0 fully saturated rings. The van der Waals surface area contributed by atoms with Gasteiger partial charge in [-0.25, -0.2) is 0 Å². The summed E-state index contributed by atoms with van der Waals surface area (Å²) in [7, 11) is 1.68. The molecule has 0 saturated carbocycles. The Bertz CT molecular complexity index is 331. The number of thioether (sulfide) groups is 1. The molecule has 1 aromatic carbocycles. The Hall–Kier alpha value is -0.0500. The van der Waals surface area contributed by atoms with Crippen LogP contribution >= 0.6 is 35.0 Å². The fourth-order valence-corrected chi connectivity index (χ4v) is 2.79. The summed E-state index contributed by atoms with van der Waals surface area (Å²) in [5, 5.41) is 0.752. The molecule has 4 heteroatoms. The summed E-state index contributed by atoms with van der Waals surface area (Å²) in [6.07, 6.45) is 0. The van der Waals surface area contributed by atoms with Crippen molar-refractivity contribution in [1.29, 1.82) is 0 Å². The molecule has 0 N–H and O–H groups in total. The number of benzene rings is 1. The van der Waals surface area contributed by atoms with Crippen LogP contribution in [-0.4, -0.2) is 18.7 Å². The van der Waals surface area contributed by atoms with E-state index in [1.54, 1.807) is 7.11 Å². The van der Waals surface area contributed by atoms with Crippen molar-refractivity contribution < 1.29 is 4.74 Å². The summed E-state index contributed by atoms with van der Waals surface area (Å²) in [6.45, 7) is 2.15. The first kappa shape index (κ1) is 14.0. The highest BCUT2D eigenvalue weighted by molar-refractivity contribution is 7.98. The van der Waals surface area contributed by atoms with Gasteiger partial charge in [0.1, 0.15) is 5.75 Å². The van der Waals surface area contributed by atoms with Gasteiger partial charge >= 0.3 is 0 Å². The van der Waals surface area contributed by atoms with Crippen molar-refractivity contribution in [3.63, 3.8) is 0 Å². The van der Waals surface area contributed by atoms with E-state index in [0.717, 1.165) is 27.8 Å². The van der Waals surface area contributed by atoms with Crippen LogP contribution in [0.25, 0.3) is 0 Å². The van der Waals surface area contributed by atoms with Crippen LogP contribution in [0.1, 0.15) is 12.5 Å². The molecule has 0 heterocycles. The maximum Gasteiger partial charge on any atom is 0.122 e. The molecular weight excluding hydrogens is 263 g/mol. The normalized spacial score (nSPS) is 12.5. The van der Waals surface area contributed by atoms with Gasteiger partial charge in [0, 0.05) is 22.2 Å². The van der Waals surface area contributed by atoms with Gasteiger partial charge in [-0.1, -0.05) is 18.5 Å². The molecule has 0 amide bonds. The van der Waals surface area contributed by atoms with Crippen LogP contribution in [0.15, 0.2) is 18.2 Å². The van der Waals surface area contributed by atoms with Gasteiger partial charge < -0.3 is 4.74 Å². The molecule has 1 rings (SSSR count). The van der Waals surface area contributed by atoms with E-state index in [0.29, 0.717) is 11.8 Å². The van der Waals surface area contributed by atoms with Crippen molar-refractivity contribution >= 4 is 35.0 Å². The van der Waals surface area contributed by atoms with Crippen molar-refractivity contribution in [2.45, 2.75) is 12.7 Å². The summed E-state index contributed by atoms with van der Waals surface area (Å²) in [5.74, 6) is 4.11. The Morgan fingerprint density at radius 2 is 2.19 bits per heavy atom. The van der Waals surface area contributed by atoms with Crippen molar-refractivity contribution in [3.8, 4) is 5.75 Å². The number of rotatable bonds is 6. The Morgan fingerprint density at radius 3 is 2.81 bits per heavy atom. The smallest absolute Gasteiger partial charge is 0.122 e. The van der Waals surface area contributed by atoms with Crippen LogP contribution < -0.4 is 4.74 Å². The highest BCUT2D eigenvalue weighted by Gasteiger charge is 2.05. The molecule has 1 atom stereocenters. The topological polar surface area (TPSA) is 9.23 Å². The van der Waals surface area contributed by atoms with Gasteiger partial charge in [0.05, 0.1) is 7.11 Å². The zero-order valence-electron chi connectivity index (χ0n) is 9.50. The Kier molecular flexibility index (Phi) is 6.40. The van der Waals surface area contributed by atoms with Crippen LogP contribution in [0, 0.1) is 5.92 Å². The van der Waals surface area contributed by atoms with Gasteiger partial charge in [0.15, 0.2) is 0 Å². The lowest BCUT2D eigenvalue weighted by Crippen LogP contribution is -2.00. The SMILES string of the molecule is COc1ccc(Cl)cc1CSCC(C)CCl. The van der Waals surface area contributed by atoms with Crippen LogP contribution in [0.5, 0.6) is 5.75 Å². The second-order valence-corrected chi connectivity index (χ2v) is 5.51. The van der Waals surface area contributed by atoms with Crippen molar-refractivity contribution in [1.82, 2.24) is 0 Å². The molecule has 16 heavy (non-hydrogen) atoms. The Balaban J connectivity index is 2.55. The van der Waals surface area contributed by atoms with Gasteiger partial charge in [-0.2, -0.15) is 11.8 Å². The highest BCUT2D eigenvalue weighted by Crippen LogP contribution is 2.27. The van der Waals surface area contributed by atoms with E-state index >= 15 is 0 Å². The van der Waals surface area contributed by atoms with Gasteiger partial charge in [0.2, 0.25) is 0 Å². The maximum atomic E-state index is 5.96. The van der Waals surface area contributed by atoms with Gasteiger partial charge in [0.25, 0.3) is 0 Å². The first-order valence-corrected chi connectivity index (χ1v) is 7.20. The lowest BCUT2D eigenvalue weighted by atomic mass is 10.2. The highest BCUT2D eigenvalue weighted by atomic mass is 35.5. The molecule has 0 radical (unpaired) electrons. The van der Waals surface area contributed by atoms with E-state index < -0.39 is 0 Å². The molecule has 0 aliphatic heterocycles. The quantitative estimate of drug-likeness (QED) is 0.711. The van der Waals surface area contributed by atoms with E-state index in [4.69, 9.17) is 27.9 Å². The zero-order valence-corrected chi connectivity index (χ0v) is 11.8. The van der Waals surface area contributed by atoms with Crippen molar-refractivity contribution in [2.24, 2.45) is 5.92 Å². The Labute approximate surface area is 111 Å². The molecule has 0 aliphatic carbocycles. The number of alkyl halides is 1. The third-order valence-electron chi connectivity index (χ3n) is 2.17. The van der Waals surface area contributed by atoms with Crippen LogP contribution in [0.4, 0.5) is 0 Å². The number of ether oxygens (including phenoxy) is 1. The van der Waals surface area contributed by atoms with Crippen LogP contribution in [-0.2, 0) is 5.75 Å². The number of hydrogen-bond donors (Lipinski definition) is 0. The minimum atomic E-state index is 0.539. The molecule has 1 unspecified atom stereocenters. The third-order valence-corrected chi connectivity index (χ3v) is 4.25.